The van der Waals surface area contributed by atoms with Gasteiger partial charge in [0, 0.05) is 12.8 Å². The van der Waals surface area contributed by atoms with Gasteiger partial charge in [-0.2, -0.15) is 0 Å². The van der Waals surface area contributed by atoms with Gasteiger partial charge < -0.3 is 10.0 Å². The molecule has 2 fully saturated rings. The van der Waals surface area contributed by atoms with Crippen LogP contribution >= 0.6 is 0 Å². The monoisotopic (exact) mass is 193 g/mol. The number of amides is 1. The summed E-state index contributed by atoms with van der Waals surface area (Å²) in [7, 11) is 0. The van der Waals surface area contributed by atoms with Gasteiger partial charge >= 0.3 is 0 Å². The van der Waals surface area contributed by atoms with Crippen molar-refractivity contribution in [2.75, 3.05) is 13.1 Å². The lowest BCUT2D eigenvalue weighted by molar-refractivity contribution is -0.159. The van der Waals surface area contributed by atoms with E-state index in [2.05, 4.69) is 5.92 Å². The van der Waals surface area contributed by atoms with Crippen molar-refractivity contribution < 1.29 is 9.90 Å². The second-order valence-electron chi connectivity index (χ2n) is 4.33. The molecular formula is C11H15NO2. The summed E-state index contributed by atoms with van der Waals surface area (Å²) in [6.07, 6.45) is 8.22. The third-order valence-electron chi connectivity index (χ3n) is 3.10. The fraction of sp³-hybridized carbons (Fsp3) is 0.727. The number of carbonyl (C=O) groups excluding carboxylic acids is 1. The fourth-order valence-electron chi connectivity index (χ4n) is 2.01. The van der Waals surface area contributed by atoms with Gasteiger partial charge in [-0.15, -0.1) is 12.3 Å². The molecule has 1 saturated heterocycles. The maximum Gasteiger partial charge on any atom is 0.223 e. The van der Waals surface area contributed by atoms with Gasteiger partial charge in [-0.25, -0.2) is 0 Å². The Balaban J connectivity index is 1.76. The highest BCUT2D eigenvalue weighted by Crippen LogP contribution is 2.44. The van der Waals surface area contributed by atoms with Crippen LogP contribution in [0, 0.1) is 18.3 Å². The molecule has 0 bridgehead atoms. The summed E-state index contributed by atoms with van der Waals surface area (Å²) in [5, 5.41) is 9.96. The predicted octanol–water partition coefficient (Wildman–Crippen LogP) is 0.383. The second-order valence-corrected chi connectivity index (χ2v) is 4.33. The van der Waals surface area contributed by atoms with Gasteiger partial charge in [-0.3, -0.25) is 4.79 Å². The zero-order valence-electron chi connectivity index (χ0n) is 8.20. The van der Waals surface area contributed by atoms with Crippen LogP contribution in [0.15, 0.2) is 0 Å². The van der Waals surface area contributed by atoms with Crippen molar-refractivity contribution in [2.45, 2.75) is 31.3 Å². The third kappa shape index (κ3) is 1.62. The number of hydrogen-bond donors (Lipinski definition) is 1. The molecule has 0 aromatic rings. The van der Waals surface area contributed by atoms with Crippen LogP contribution in [0.5, 0.6) is 0 Å². The second kappa shape index (κ2) is 3.29. The lowest BCUT2D eigenvalue weighted by Gasteiger charge is -2.47. The van der Waals surface area contributed by atoms with E-state index < -0.39 is 5.60 Å². The predicted molar refractivity (Wildman–Crippen MR) is 52.3 cm³/mol. The van der Waals surface area contributed by atoms with E-state index in [-0.39, 0.29) is 5.91 Å². The van der Waals surface area contributed by atoms with Crippen LogP contribution in [-0.2, 0) is 4.79 Å². The van der Waals surface area contributed by atoms with Crippen LogP contribution in [0.25, 0.3) is 0 Å². The topological polar surface area (TPSA) is 40.5 Å². The molecule has 3 heteroatoms. The Labute approximate surface area is 84.1 Å². The minimum atomic E-state index is -0.564. The Bertz CT molecular complexity index is 282. The minimum absolute atomic E-state index is 0.0771. The lowest BCUT2D eigenvalue weighted by atomic mass is 9.88. The molecule has 1 amide bonds. The summed E-state index contributed by atoms with van der Waals surface area (Å²) in [5.74, 6) is 2.97. The Morgan fingerprint density at radius 1 is 1.57 bits per heavy atom. The van der Waals surface area contributed by atoms with E-state index in [0.717, 1.165) is 12.8 Å². The number of rotatable bonds is 3. The van der Waals surface area contributed by atoms with Crippen LogP contribution < -0.4 is 0 Å². The smallest absolute Gasteiger partial charge is 0.223 e. The van der Waals surface area contributed by atoms with E-state index in [9.17, 15) is 9.90 Å². The SMILES string of the molecule is C#CCCC(=O)N1CC(O)(C2CC2)C1. The molecule has 0 aromatic heterocycles. The molecule has 1 aliphatic heterocycles. The van der Waals surface area contributed by atoms with Crippen LogP contribution in [0.3, 0.4) is 0 Å². The van der Waals surface area contributed by atoms with Gasteiger partial charge in [0.25, 0.3) is 0 Å². The van der Waals surface area contributed by atoms with Gasteiger partial charge in [0.1, 0.15) is 5.60 Å². The van der Waals surface area contributed by atoms with E-state index in [4.69, 9.17) is 6.42 Å². The molecule has 0 radical (unpaired) electrons. The number of aliphatic hydroxyl groups is 1. The Hall–Kier alpha value is -1.01. The van der Waals surface area contributed by atoms with E-state index in [1.54, 1.807) is 4.90 Å². The number of β-amino-alcohol motifs (C(OH)–C–C–N with tert-alkyl or cyclic N) is 1. The largest absolute Gasteiger partial charge is 0.386 e. The molecule has 14 heavy (non-hydrogen) atoms. The van der Waals surface area contributed by atoms with Gasteiger partial charge in [0.05, 0.1) is 13.1 Å². The van der Waals surface area contributed by atoms with Crippen molar-refractivity contribution in [3.05, 3.63) is 0 Å². The van der Waals surface area contributed by atoms with Crippen LogP contribution in [0.4, 0.5) is 0 Å². The third-order valence-corrected chi connectivity index (χ3v) is 3.10. The van der Waals surface area contributed by atoms with Crippen LogP contribution in [0.1, 0.15) is 25.7 Å². The van der Waals surface area contributed by atoms with Crippen molar-refractivity contribution in [3.63, 3.8) is 0 Å². The van der Waals surface area contributed by atoms with Gasteiger partial charge in [-0.05, 0) is 18.8 Å². The van der Waals surface area contributed by atoms with E-state index in [0.29, 0.717) is 31.8 Å². The number of carbonyl (C=O) groups is 1. The summed E-state index contributed by atoms with van der Waals surface area (Å²) < 4.78 is 0. The van der Waals surface area contributed by atoms with Crippen molar-refractivity contribution >= 4 is 5.91 Å². The van der Waals surface area contributed by atoms with Gasteiger partial charge in [0.15, 0.2) is 0 Å². The van der Waals surface area contributed by atoms with E-state index >= 15 is 0 Å². The molecule has 1 N–H and O–H groups in total. The van der Waals surface area contributed by atoms with Crippen molar-refractivity contribution in [2.24, 2.45) is 5.92 Å². The lowest BCUT2D eigenvalue weighted by Crippen LogP contribution is -2.64. The average Bonchev–Trinajstić information content (AvgIpc) is 2.92. The molecule has 0 aromatic carbocycles. The van der Waals surface area contributed by atoms with Gasteiger partial charge in [-0.1, -0.05) is 0 Å². The Morgan fingerprint density at radius 3 is 2.71 bits per heavy atom. The number of terminal acetylenes is 1. The summed E-state index contributed by atoms with van der Waals surface area (Å²) in [6.45, 7) is 1.03. The molecule has 3 nitrogen and oxygen atoms in total. The molecule has 0 atom stereocenters. The maximum atomic E-state index is 11.4. The summed E-state index contributed by atoms with van der Waals surface area (Å²) in [5.41, 5.74) is -0.564. The first-order valence-electron chi connectivity index (χ1n) is 5.09. The maximum absolute atomic E-state index is 11.4. The highest BCUT2D eigenvalue weighted by molar-refractivity contribution is 5.77. The molecule has 1 saturated carbocycles. The Kier molecular flexibility index (Phi) is 2.24. The average molecular weight is 193 g/mol. The first-order valence-corrected chi connectivity index (χ1v) is 5.09. The highest BCUT2D eigenvalue weighted by Gasteiger charge is 2.52. The first-order chi connectivity index (χ1) is 6.65. The number of hydrogen-bond acceptors (Lipinski definition) is 2. The molecule has 76 valence electrons. The summed E-state index contributed by atoms with van der Waals surface area (Å²) in [4.78, 5) is 13.1. The van der Waals surface area contributed by atoms with E-state index in [1.807, 2.05) is 0 Å². The zero-order chi connectivity index (χ0) is 10.2. The molecule has 2 rings (SSSR count). The molecule has 2 aliphatic rings. The normalized spacial score (nSPS) is 23.9. The van der Waals surface area contributed by atoms with Crippen molar-refractivity contribution in [1.29, 1.82) is 0 Å². The first kappa shape index (κ1) is 9.54. The zero-order valence-corrected chi connectivity index (χ0v) is 8.20. The molecule has 1 heterocycles. The molecule has 0 spiro atoms. The fourth-order valence-corrected chi connectivity index (χ4v) is 2.01. The Morgan fingerprint density at radius 2 is 2.21 bits per heavy atom. The number of likely N-dealkylation sites (tertiary alicyclic amines) is 1. The molecule has 0 unspecified atom stereocenters. The standard InChI is InChI=1S/C11H15NO2/c1-2-3-4-10(13)12-7-11(14,8-12)9-5-6-9/h1,9,14H,3-8H2. The quantitative estimate of drug-likeness (QED) is 0.658. The van der Waals surface area contributed by atoms with Crippen molar-refractivity contribution in [3.8, 4) is 12.3 Å². The van der Waals surface area contributed by atoms with Gasteiger partial charge in [0.2, 0.25) is 5.91 Å². The summed E-state index contributed by atoms with van der Waals surface area (Å²) in [6, 6.07) is 0. The number of nitrogens with zero attached hydrogens (tertiary/aromatic N) is 1. The van der Waals surface area contributed by atoms with Crippen molar-refractivity contribution in [1.82, 2.24) is 4.90 Å². The minimum Gasteiger partial charge on any atom is -0.386 e. The van der Waals surface area contributed by atoms with E-state index in [1.165, 1.54) is 0 Å². The molecular weight excluding hydrogens is 178 g/mol. The highest BCUT2D eigenvalue weighted by atomic mass is 16.3. The molecule has 1 aliphatic carbocycles. The van der Waals surface area contributed by atoms with Crippen LogP contribution in [0.2, 0.25) is 0 Å². The van der Waals surface area contributed by atoms with Crippen LogP contribution in [-0.4, -0.2) is 34.6 Å². The summed E-state index contributed by atoms with van der Waals surface area (Å²) >= 11 is 0.